The Kier molecular flexibility index (Phi) is 4.51. The quantitative estimate of drug-likeness (QED) is 0.889. The molecule has 0 aromatic heterocycles. The Morgan fingerprint density at radius 1 is 1.19 bits per heavy atom. The molecule has 0 radical (unpaired) electrons. The zero-order chi connectivity index (χ0) is 14.9. The molecule has 1 aromatic carbocycles. The number of piperazine rings is 1. The van der Waals surface area contributed by atoms with E-state index in [0.717, 1.165) is 31.5 Å². The Morgan fingerprint density at radius 3 is 2.38 bits per heavy atom. The number of hydrogen-bond acceptors (Lipinski definition) is 3. The summed E-state index contributed by atoms with van der Waals surface area (Å²) in [5.41, 5.74) is 0.977. The second kappa shape index (κ2) is 6.22. The van der Waals surface area contributed by atoms with Crippen molar-refractivity contribution in [3.8, 4) is 0 Å². The van der Waals surface area contributed by atoms with Crippen LogP contribution in [0.4, 0.5) is 0 Å². The van der Waals surface area contributed by atoms with Gasteiger partial charge in [-0.25, -0.2) is 0 Å². The summed E-state index contributed by atoms with van der Waals surface area (Å²) in [7, 11) is -3.38. The summed E-state index contributed by atoms with van der Waals surface area (Å²) in [6.07, 6.45) is 1.91. The molecular formula is C14H20ClN3O2S. The minimum atomic E-state index is -3.38. The molecule has 0 atom stereocenters. The Balaban J connectivity index is 1.78. The van der Waals surface area contributed by atoms with Crippen LogP contribution in [0.3, 0.4) is 0 Å². The van der Waals surface area contributed by atoms with Gasteiger partial charge in [-0.15, -0.1) is 0 Å². The van der Waals surface area contributed by atoms with Crippen LogP contribution in [-0.2, 0) is 16.8 Å². The summed E-state index contributed by atoms with van der Waals surface area (Å²) in [6, 6.07) is 7.55. The molecule has 5 nitrogen and oxygen atoms in total. The van der Waals surface area contributed by atoms with E-state index >= 15 is 0 Å². The van der Waals surface area contributed by atoms with E-state index in [1.165, 1.54) is 0 Å². The summed E-state index contributed by atoms with van der Waals surface area (Å²) in [4.78, 5) is 0. The first-order chi connectivity index (χ1) is 10.1. The fraction of sp³-hybridized carbons (Fsp3) is 0.571. The van der Waals surface area contributed by atoms with Crippen molar-refractivity contribution in [3.05, 3.63) is 34.9 Å². The van der Waals surface area contributed by atoms with Gasteiger partial charge in [-0.2, -0.15) is 17.0 Å². The van der Waals surface area contributed by atoms with E-state index < -0.39 is 10.2 Å². The van der Waals surface area contributed by atoms with E-state index in [2.05, 4.69) is 5.32 Å². The van der Waals surface area contributed by atoms with Gasteiger partial charge in [-0.05, 0) is 30.5 Å². The lowest BCUT2D eigenvalue weighted by Crippen LogP contribution is -2.52. The maximum atomic E-state index is 12.8. The highest BCUT2D eigenvalue weighted by Gasteiger charge is 2.40. The van der Waals surface area contributed by atoms with Gasteiger partial charge in [0.2, 0.25) is 0 Å². The smallest absolute Gasteiger partial charge is 0.282 e. The van der Waals surface area contributed by atoms with E-state index in [9.17, 15) is 8.42 Å². The largest absolute Gasteiger partial charge is 0.314 e. The van der Waals surface area contributed by atoms with Crippen molar-refractivity contribution in [3.63, 3.8) is 0 Å². The van der Waals surface area contributed by atoms with Crippen LogP contribution in [0.5, 0.6) is 0 Å². The fourth-order valence-electron chi connectivity index (χ4n) is 2.55. The van der Waals surface area contributed by atoms with Gasteiger partial charge in [-0.3, -0.25) is 0 Å². The molecular weight excluding hydrogens is 310 g/mol. The van der Waals surface area contributed by atoms with Crippen LogP contribution in [0.1, 0.15) is 18.4 Å². The maximum absolute atomic E-state index is 12.8. The molecule has 2 fully saturated rings. The van der Waals surface area contributed by atoms with Crippen molar-refractivity contribution < 1.29 is 8.42 Å². The average molecular weight is 330 g/mol. The zero-order valence-electron chi connectivity index (χ0n) is 11.8. The lowest BCUT2D eigenvalue weighted by atomic mass is 10.2. The molecule has 21 heavy (non-hydrogen) atoms. The third kappa shape index (κ3) is 3.57. The van der Waals surface area contributed by atoms with Crippen molar-refractivity contribution in [1.29, 1.82) is 0 Å². The number of nitrogens with zero attached hydrogens (tertiary/aromatic N) is 2. The number of hydrogen-bond donors (Lipinski definition) is 1. The molecule has 116 valence electrons. The molecule has 0 unspecified atom stereocenters. The van der Waals surface area contributed by atoms with Crippen LogP contribution in [0.15, 0.2) is 24.3 Å². The van der Waals surface area contributed by atoms with Crippen LogP contribution in [0.25, 0.3) is 0 Å². The van der Waals surface area contributed by atoms with E-state index in [0.29, 0.717) is 24.7 Å². The van der Waals surface area contributed by atoms with E-state index in [-0.39, 0.29) is 6.04 Å². The third-order valence-corrected chi connectivity index (χ3v) is 6.19. The minimum absolute atomic E-state index is 0.153. The number of benzene rings is 1. The molecule has 0 bridgehead atoms. The van der Waals surface area contributed by atoms with Crippen molar-refractivity contribution >= 4 is 21.8 Å². The topological polar surface area (TPSA) is 52.7 Å². The third-order valence-electron chi connectivity index (χ3n) is 3.90. The highest BCUT2D eigenvalue weighted by Crippen LogP contribution is 2.32. The van der Waals surface area contributed by atoms with Crippen LogP contribution >= 0.6 is 11.6 Å². The van der Waals surface area contributed by atoms with Crippen LogP contribution in [0, 0.1) is 0 Å². The maximum Gasteiger partial charge on any atom is 0.282 e. The predicted octanol–water partition coefficient (Wildman–Crippen LogP) is 1.45. The monoisotopic (exact) mass is 329 g/mol. The molecule has 0 amide bonds. The van der Waals surface area contributed by atoms with E-state index in [4.69, 9.17) is 11.6 Å². The Labute approximate surface area is 131 Å². The molecule has 1 saturated carbocycles. The molecule has 3 rings (SSSR count). The normalized spacial score (nSPS) is 20.9. The van der Waals surface area contributed by atoms with Gasteiger partial charge in [0.1, 0.15) is 0 Å². The molecule has 1 aliphatic carbocycles. The standard InChI is InChI=1S/C14H20ClN3O2S/c15-13-3-1-12(2-4-13)11-18(14-5-6-14)21(19,20)17-9-7-16-8-10-17/h1-4,14,16H,5-11H2. The summed E-state index contributed by atoms with van der Waals surface area (Å²) in [6.45, 7) is 2.96. The van der Waals surface area contributed by atoms with Gasteiger partial charge in [0, 0.05) is 43.8 Å². The molecule has 1 heterocycles. The van der Waals surface area contributed by atoms with Gasteiger partial charge in [0.25, 0.3) is 10.2 Å². The molecule has 1 saturated heterocycles. The second-order valence-electron chi connectivity index (χ2n) is 5.56. The summed E-state index contributed by atoms with van der Waals surface area (Å²) in [5.74, 6) is 0. The van der Waals surface area contributed by atoms with E-state index in [1.807, 2.05) is 12.1 Å². The highest BCUT2D eigenvalue weighted by molar-refractivity contribution is 7.86. The molecule has 1 aromatic rings. The second-order valence-corrected chi connectivity index (χ2v) is 7.88. The van der Waals surface area contributed by atoms with Crippen LogP contribution < -0.4 is 5.32 Å². The number of halogens is 1. The minimum Gasteiger partial charge on any atom is -0.314 e. The lowest BCUT2D eigenvalue weighted by Gasteiger charge is -2.32. The lowest BCUT2D eigenvalue weighted by molar-refractivity contribution is 0.304. The molecule has 1 aliphatic heterocycles. The number of nitrogens with one attached hydrogen (secondary N) is 1. The Bertz CT molecular complexity index is 581. The van der Waals surface area contributed by atoms with Gasteiger partial charge in [0.05, 0.1) is 0 Å². The van der Waals surface area contributed by atoms with Crippen molar-refractivity contribution in [2.75, 3.05) is 26.2 Å². The van der Waals surface area contributed by atoms with Crippen LogP contribution in [0.2, 0.25) is 5.02 Å². The molecule has 1 N–H and O–H groups in total. The molecule has 2 aliphatic rings. The average Bonchev–Trinajstić information content (AvgIpc) is 3.32. The Morgan fingerprint density at radius 2 is 1.81 bits per heavy atom. The molecule has 0 spiro atoms. The van der Waals surface area contributed by atoms with Gasteiger partial charge >= 0.3 is 0 Å². The van der Waals surface area contributed by atoms with Gasteiger partial charge in [-0.1, -0.05) is 23.7 Å². The summed E-state index contributed by atoms with van der Waals surface area (Å²) >= 11 is 5.89. The van der Waals surface area contributed by atoms with Crippen LogP contribution in [-0.4, -0.2) is 49.2 Å². The predicted molar refractivity (Wildman–Crippen MR) is 83.4 cm³/mol. The highest BCUT2D eigenvalue weighted by atomic mass is 35.5. The fourth-order valence-corrected chi connectivity index (χ4v) is 4.52. The van der Waals surface area contributed by atoms with Crippen molar-refractivity contribution in [2.24, 2.45) is 0 Å². The zero-order valence-corrected chi connectivity index (χ0v) is 13.4. The van der Waals surface area contributed by atoms with E-state index in [1.54, 1.807) is 20.7 Å². The van der Waals surface area contributed by atoms with Crippen molar-refractivity contribution in [1.82, 2.24) is 13.9 Å². The first-order valence-electron chi connectivity index (χ1n) is 7.29. The Hall–Kier alpha value is -0.660. The summed E-state index contributed by atoms with van der Waals surface area (Å²) < 4.78 is 28.9. The number of rotatable bonds is 5. The SMILES string of the molecule is O=S(=O)(N1CCNCC1)N(Cc1ccc(Cl)cc1)C1CC1. The van der Waals surface area contributed by atoms with Gasteiger partial charge in [0.15, 0.2) is 0 Å². The summed E-state index contributed by atoms with van der Waals surface area (Å²) in [5, 5.41) is 3.86. The first kappa shape index (κ1) is 15.2. The first-order valence-corrected chi connectivity index (χ1v) is 9.07. The molecule has 7 heteroatoms. The van der Waals surface area contributed by atoms with Crippen molar-refractivity contribution in [2.45, 2.75) is 25.4 Å². The van der Waals surface area contributed by atoms with Gasteiger partial charge < -0.3 is 5.32 Å².